The summed E-state index contributed by atoms with van der Waals surface area (Å²) in [6, 6.07) is 16.8. The van der Waals surface area contributed by atoms with Crippen molar-refractivity contribution < 1.29 is 14.3 Å². The van der Waals surface area contributed by atoms with E-state index in [-0.39, 0.29) is 17.9 Å². The molecule has 0 radical (unpaired) electrons. The average Bonchev–Trinajstić information content (AvgIpc) is 2.78. The number of carbonyl (C=O) groups excluding carboxylic acids is 2. The van der Waals surface area contributed by atoms with Gasteiger partial charge >= 0.3 is 0 Å². The molecule has 2 aromatic rings. The Kier molecular flexibility index (Phi) is 7.28. The summed E-state index contributed by atoms with van der Waals surface area (Å²) < 4.78 is 5.83. The number of rotatable bonds is 7. The van der Waals surface area contributed by atoms with Crippen LogP contribution in [0.25, 0.3) is 0 Å². The van der Waals surface area contributed by atoms with Crippen molar-refractivity contribution in [3.05, 3.63) is 60.2 Å². The molecule has 0 saturated heterocycles. The lowest BCUT2D eigenvalue weighted by Gasteiger charge is -2.31. The van der Waals surface area contributed by atoms with Crippen LogP contribution in [-0.4, -0.2) is 35.9 Å². The molecule has 1 N–H and O–H groups in total. The molecule has 0 aromatic heterocycles. The van der Waals surface area contributed by atoms with Crippen LogP contribution in [0.1, 0.15) is 55.8 Å². The third-order valence-corrected chi connectivity index (χ3v) is 5.54. The van der Waals surface area contributed by atoms with Crippen LogP contribution in [0.2, 0.25) is 0 Å². The van der Waals surface area contributed by atoms with Crippen molar-refractivity contribution in [1.82, 2.24) is 4.90 Å². The molecule has 1 atom stereocenters. The molecule has 5 heteroatoms. The average molecular weight is 395 g/mol. The number of nitrogens with zero attached hydrogens (tertiary/aromatic N) is 1. The zero-order valence-electron chi connectivity index (χ0n) is 17.3. The summed E-state index contributed by atoms with van der Waals surface area (Å²) in [6.45, 7) is 1.90. The van der Waals surface area contributed by atoms with Gasteiger partial charge in [-0.3, -0.25) is 9.59 Å². The minimum Gasteiger partial charge on any atom is -0.481 e. The third kappa shape index (κ3) is 5.37. The van der Waals surface area contributed by atoms with Gasteiger partial charge in [0.15, 0.2) is 6.10 Å². The molecular weight excluding hydrogens is 364 g/mol. The van der Waals surface area contributed by atoms with Crippen LogP contribution in [0.5, 0.6) is 5.75 Å². The summed E-state index contributed by atoms with van der Waals surface area (Å²) in [5, 5.41) is 2.91. The number of anilines is 1. The van der Waals surface area contributed by atoms with Gasteiger partial charge in [0.25, 0.3) is 11.8 Å². The van der Waals surface area contributed by atoms with Gasteiger partial charge in [-0.05, 0) is 43.5 Å². The van der Waals surface area contributed by atoms with Crippen LogP contribution in [0.15, 0.2) is 54.6 Å². The van der Waals surface area contributed by atoms with Crippen LogP contribution >= 0.6 is 0 Å². The summed E-state index contributed by atoms with van der Waals surface area (Å²) in [4.78, 5) is 27.8. The standard InChI is InChI=1S/C24H30N2O3/c1-3-22(29-19-14-8-5-9-15-19)23(27)25-21-17-11-10-16-20(21)24(28)26(2)18-12-6-4-7-13-18/h5,8-11,14-18,22H,3-4,6-7,12-13H2,1-2H3,(H,25,27). The maximum Gasteiger partial charge on any atom is 0.265 e. The highest BCUT2D eigenvalue weighted by Gasteiger charge is 2.26. The van der Waals surface area contributed by atoms with E-state index in [2.05, 4.69) is 5.32 Å². The Morgan fingerprint density at radius 3 is 2.38 bits per heavy atom. The van der Waals surface area contributed by atoms with Crippen LogP contribution in [0.3, 0.4) is 0 Å². The van der Waals surface area contributed by atoms with Gasteiger partial charge in [-0.15, -0.1) is 0 Å². The molecule has 1 unspecified atom stereocenters. The predicted octanol–water partition coefficient (Wildman–Crippen LogP) is 4.89. The number of nitrogens with one attached hydrogen (secondary N) is 1. The molecular formula is C24H30N2O3. The van der Waals surface area contributed by atoms with E-state index < -0.39 is 6.10 Å². The van der Waals surface area contributed by atoms with E-state index in [1.807, 2.05) is 61.3 Å². The highest BCUT2D eigenvalue weighted by atomic mass is 16.5. The number of hydrogen-bond acceptors (Lipinski definition) is 3. The molecule has 0 bridgehead atoms. The molecule has 29 heavy (non-hydrogen) atoms. The van der Waals surface area contributed by atoms with Crippen LogP contribution in [-0.2, 0) is 4.79 Å². The minimum absolute atomic E-state index is 0.0511. The third-order valence-electron chi connectivity index (χ3n) is 5.54. The molecule has 1 aliphatic carbocycles. The van der Waals surface area contributed by atoms with E-state index in [0.29, 0.717) is 23.4 Å². The Bertz CT molecular complexity index is 816. The van der Waals surface area contributed by atoms with Crippen LogP contribution in [0.4, 0.5) is 5.69 Å². The lowest BCUT2D eigenvalue weighted by Crippen LogP contribution is -2.39. The van der Waals surface area contributed by atoms with Gasteiger partial charge in [-0.25, -0.2) is 0 Å². The Balaban J connectivity index is 1.72. The normalized spacial score (nSPS) is 15.4. The van der Waals surface area contributed by atoms with Crippen molar-refractivity contribution in [1.29, 1.82) is 0 Å². The van der Waals surface area contributed by atoms with E-state index in [4.69, 9.17) is 4.74 Å². The van der Waals surface area contributed by atoms with Crippen LogP contribution in [0, 0.1) is 0 Å². The zero-order valence-corrected chi connectivity index (χ0v) is 17.3. The molecule has 0 heterocycles. The summed E-state index contributed by atoms with van der Waals surface area (Å²) in [5.74, 6) is 0.345. The lowest BCUT2D eigenvalue weighted by molar-refractivity contribution is -0.122. The SMILES string of the molecule is CCC(Oc1ccccc1)C(=O)Nc1ccccc1C(=O)N(C)C1CCCCC1. The fourth-order valence-corrected chi connectivity index (χ4v) is 3.80. The number of benzene rings is 2. The summed E-state index contributed by atoms with van der Waals surface area (Å²) in [5.41, 5.74) is 1.05. The molecule has 154 valence electrons. The van der Waals surface area contributed by atoms with Crippen molar-refractivity contribution in [3.8, 4) is 5.75 Å². The molecule has 2 amide bonds. The molecule has 2 aromatic carbocycles. The maximum atomic E-state index is 13.1. The van der Waals surface area contributed by atoms with Crippen molar-refractivity contribution in [2.45, 2.75) is 57.6 Å². The Morgan fingerprint density at radius 1 is 1.03 bits per heavy atom. The van der Waals surface area contributed by atoms with E-state index in [0.717, 1.165) is 25.7 Å². The monoisotopic (exact) mass is 394 g/mol. The zero-order chi connectivity index (χ0) is 20.6. The number of para-hydroxylation sites is 2. The topological polar surface area (TPSA) is 58.6 Å². The molecule has 1 saturated carbocycles. The Morgan fingerprint density at radius 2 is 1.69 bits per heavy atom. The molecule has 3 rings (SSSR count). The number of hydrogen-bond donors (Lipinski definition) is 1. The van der Waals surface area contributed by atoms with E-state index in [1.54, 1.807) is 12.1 Å². The molecule has 1 aliphatic rings. The highest BCUT2D eigenvalue weighted by Crippen LogP contribution is 2.25. The van der Waals surface area contributed by atoms with Gasteiger partial charge in [-0.1, -0.05) is 56.5 Å². The minimum atomic E-state index is -0.628. The van der Waals surface area contributed by atoms with Gasteiger partial charge in [-0.2, -0.15) is 0 Å². The fraction of sp³-hybridized carbons (Fsp3) is 0.417. The largest absolute Gasteiger partial charge is 0.481 e. The first kappa shape index (κ1) is 20.9. The number of amides is 2. The molecule has 5 nitrogen and oxygen atoms in total. The fourth-order valence-electron chi connectivity index (χ4n) is 3.80. The van der Waals surface area contributed by atoms with Gasteiger partial charge < -0.3 is 15.0 Å². The van der Waals surface area contributed by atoms with Crippen molar-refractivity contribution in [3.63, 3.8) is 0 Å². The molecule has 0 aliphatic heterocycles. The Hall–Kier alpha value is -2.82. The van der Waals surface area contributed by atoms with Gasteiger partial charge in [0.05, 0.1) is 11.3 Å². The maximum absolute atomic E-state index is 13.1. The first-order chi connectivity index (χ1) is 14.1. The van der Waals surface area contributed by atoms with Crippen molar-refractivity contribution in [2.24, 2.45) is 0 Å². The second kappa shape index (κ2) is 10.1. The quantitative estimate of drug-likeness (QED) is 0.728. The van der Waals surface area contributed by atoms with Gasteiger partial charge in [0.1, 0.15) is 5.75 Å². The second-order valence-corrected chi connectivity index (χ2v) is 7.57. The van der Waals surface area contributed by atoms with E-state index in [1.165, 1.54) is 6.42 Å². The summed E-state index contributed by atoms with van der Waals surface area (Å²) in [6.07, 6.45) is 5.55. The smallest absolute Gasteiger partial charge is 0.265 e. The first-order valence-corrected chi connectivity index (χ1v) is 10.5. The lowest BCUT2D eigenvalue weighted by atomic mass is 9.94. The van der Waals surface area contributed by atoms with Crippen LogP contribution < -0.4 is 10.1 Å². The molecule has 0 spiro atoms. The summed E-state index contributed by atoms with van der Waals surface area (Å²) >= 11 is 0. The van der Waals surface area contributed by atoms with E-state index in [9.17, 15) is 9.59 Å². The molecule has 1 fully saturated rings. The number of ether oxygens (including phenoxy) is 1. The van der Waals surface area contributed by atoms with Crippen molar-refractivity contribution >= 4 is 17.5 Å². The first-order valence-electron chi connectivity index (χ1n) is 10.5. The Labute approximate surface area is 173 Å². The second-order valence-electron chi connectivity index (χ2n) is 7.57. The van der Waals surface area contributed by atoms with E-state index >= 15 is 0 Å². The number of carbonyl (C=O) groups is 2. The van der Waals surface area contributed by atoms with Gasteiger partial charge in [0, 0.05) is 13.1 Å². The van der Waals surface area contributed by atoms with Crippen molar-refractivity contribution in [2.75, 3.05) is 12.4 Å². The highest BCUT2D eigenvalue weighted by molar-refractivity contribution is 6.04. The summed E-state index contributed by atoms with van der Waals surface area (Å²) in [7, 11) is 1.87. The van der Waals surface area contributed by atoms with Gasteiger partial charge in [0.2, 0.25) is 0 Å². The predicted molar refractivity (Wildman–Crippen MR) is 115 cm³/mol.